The number of piperidine rings is 1. The van der Waals surface area contributed by atoms with Gasteiger partial charge >= 0.3 is 0 Å². The molecule has 0 aliphatic carbocycles. The topological polar surface area (TPSA) is 30.5 Å². The van der Waals surface area contributed by atoms with Gasteiger partial charge in [-0.2, -0.15) is 0 Å². The molecule has 1 saturated heterocycles. The standard InChI is InChI=1S/C11H21NO2.ClH/c1-2-7-13-8-9-14-10-11-3-5-12-6-4-11;/h2,11-12H,1,3-10H2;1H. The van der Waals surface area contributed by atoms with Crippen molar-refractivity contribution in [2.24, 2.45) is 5.92 Å². The molecule has 1 aliphatic rings. The molecule has 90 valence electrons. The Balaban J connectivity index is 0.00000196. The van der Waals surface area contributed by atoms with Gasteiger partial charge in [-0.25, -0.2) is 0 Å². The average Bonchev–Trinajstić information content (AvgIpc) is 2.25. The van der Waals surface area contributed by atoms with Crippen LogP contribution in [0.1, 0.15) is 12.8 Å². The van der Waals surface area contributed by atoms with Crippen molar-refractivity contribution in [3.63, 3.8) is 0 Å². The molecule has 0 unspecified atom stereocenters. The highest BCUT2D eigenvalue weighted by Gasteiger charge is 2.12. The molecular formula is C11H22ClNO2. The Labute approximate surface area is 98.6 Å². The van der Waals surface area contributed by atoms with E-state index in [4.69, 9.17) is 9.47 Å². The largest absolute Gasteiger partial charge is 0.379 e. The Hall–Kier alpha value is -0.0900. The first-order chi connectivity index (χ1) is 6.93. The second-order valence-electron chi connectivity index (χ2n) is 3.63. The number of hydrogen-bond acceptors (Lipinski definition) is 3. The van der Waals surface area contributed by atoms with Crippen LogP contribution in [0.15, 0.2) is 12.7 Å². The number of rotatable bonds is 7. The van der Waals surface area contributed by atoms with Gasteiger partial charge in [0.1, 0.15) is 0 Å². The molecule has 0 aromatic rings. The summed E-state index contributed by atoms with van der Waals surface area (Å²) >= 11 is 0. The van der Waals surface area contributed by atoms with Gasteiger partial charge in [0, 0.05) is 6.61 Å². The Morgan fingerprint density at radius 1 is 1.20 bits per heavy atom. The summed E-state index contributed by atoms with van der Waals surface area (Å²) in [7, 11) is 0. The molecule has 1 N–H and O–H groups in total. The summed E-state index contributed by atoms with van der Waals surface area (Å²) in [6, 6.07) is 0. The summed E-state index contributed by atoms with van der Waals surface area (Å²) in [5, 5.41) is 3.34. The maximum Gasteiger partial charge on any atom is 0.0704 e. The van der Waals surface area contributed by atoms with E-state index >= 15 is 0 Å². The number of halogens is 1. The van der Waals surface area contributed by atoms with Crippen LogP contribution in [0.25, 0.3) is 0 Å². The molecule has 0 aromatic heterocycles. The van der Waals surface area contributed by atoms with Crippen LogP contribution in [0, 0.1) is 5.92 Å². The lowest BCUT2D eigenvalue weighted by molar-refractivity contribution is 0.0366. The smallest absolute Gasteiger partial charge is 0.0704 e. The van der Waals surface area contributed by atoms with E-state index in [0.717, 1.165) is 25.6 Å². The molecule has 4 heteroatoms. The summed E-state index contributed by atoms with van der Waals surface area (Å²) in [5.74, 6) is 0.746. The first-order valence-corrected chi connectivity index (χ1v) is 5.40. The van der Waals surface area contributed by atoms with Crippen molar-refractivity contribution in [3.05, 3.63) is 12.7 Å². The van der Waals surface area contributed by atoms with E-state index in [0.29, 0.717) is 19.8 Å². The molecule has 3 nitrogen and oxygen atoms in total. The summed E-state index contributed by atoms with van der Waals surface area (Å²) in [5.41, 5.74) is 0. The summed E-state index contributed by atoms with van der Waals surface area (Å²) in [6.45, 7) is 8.75. The average molecular weight is 236 g/mol. The van der Waals surface area contributed by atoms with Crippen molar-refractivity contribution in [3.8, 4) is 0 Å². The van der Waals surface area contributed by atoms with Crippen LogP contribution in [0.3, 0.4) is 0 Å². The second-order valence-corrected chi connectivity index (χ2v) is 3.63. The van der Waals surface area contributed by atoms with Crippen LogP contribution in [-0.2, 0) is 9.47 Å². The van der Waals surface area contributed by atoms with E-state index < -0.39 is 0 Å². The van der Waals surface area contributed by atoms with Gasteiger partial charge < -0.3 is 14.8 Å². The molecule has 0 radical (unpaired) electrons. The van der Waals surface area contributed by atoms with E-state index in [1.165, 1.54) is 12.8 Å². The Morgan fingerprint density at radius 2 is 1.87 bits per heavy atom. The van der Waals surface area contributed by atoms with Crippen LogP contribution in [-0.4, -0.2) is 39.5 Å². The van der Waals surface area contributed by atoms with Gasteiger partial charge in [-0.1, -0.05) is 6.08 Å². The summed E-state index contributed by atoms with van der Waals surface area (Å²) in [4.78, 5) is 0. The zero-order valence-corrected chi connectivity index (χ0v) is 10.1. The van der Waals surface area contributed by atoms with E-state index in [-0.39, 0.29) is 12.4 Å². The molecule has 0 spiro atoms. The minimum Gasteiger partial charge on any atom is -0.379 e. The van der Waals surface area contributed by atoms with E-state index in [1.54, 1.807) is 6.08 Å². The first kappa shape index (κ1) is 14.9. The van der Waals surface area contributed by atoms with E-state index in [9.17, 15) is 0 Å². The van der Waals surface area contributed by atoms with Crippen LogP contribution in [0.5, 0.6) is 0 Å². The molecule has 0 saturated carbocycles. The molecule has 0 atom stereocenters. The summed E-state index contributed by atoms with van der Waals surface area (Å²) < 4.78 is 10.7. The maximum atomic E-state index is 5.53. The highest BCUT2D eigenvalue weighted by Crippen LogP contribution is 2.11. The van der Waals surface area contributed by atoms with Gasteiger partial charge in [-0.15, -0.1) is 19.0 Å². The van der Waals surface area contributed by atoms with Crippen molar-refractivity contribution in [1.82, 2.24) is 5.32 Å². The van der Waals surface area contributed by atoms with Crippen LogP contribution in [0.4, 0.5) is 0 Å². The third-order valence-electron chi connectivity index (χ3n) is 2.42. The highest BCUT2D eigenvalue weighted by atomic mass is 35.5. The third-order valence-corrected chi connectivity index (χ3v) is 2.42. The predicted molar refractivity (Wildman–Crippen MR) is 64.7 cm³/mol. The maximum absolute atomic E-state index is 5.53. The molecule has 1 fully saturated rings. The number of hydrogen-bond donors (Lipinski definition) is 1. The Morgan fingerprint density at radius 3 is 2.53 bits per heavy atom. The summed E-state index contributed by atoms with van der Waals surface area (Å²) in [6.07, 6.45) is 4.24. The minimum absolute atomic E-state index is 0. The van der Waals surface area contributed by atoms with E-state index in [1.807, 2.05) is 0 Å². The van der Waals surface area contributed by atoms with Crippen LogP contribution in [0.2, 0.25) is 0 Å². The van der Waals surface area contributed by atoms with Gasteiger partial charge in [0.15, 0.2) is 0 Å². The predicted octanol–water partition coefficient (Wildman–Crippen LogP) is 1.63. The van der Waals surface area contributed by atoms with Gasteiger partial charge in [0.05, 0.1) is 19.8 Å². The Kier molecular flexibility index (Phi) is 10.4. The fourth-order valence-corrected chi connectivity index (χ4v) is 1.58. The van der Waals surface area contributed by atoms with Crippen LogP contribution >= 0.6 is 12.4 Å². The van der Waals surface area contributed by atoms with Gasteiger partial charge in [-0.05, 0) is 31.8 Å². The number of nitrogens with one attached hydrogen (secondary N) is 1. The van der Waals surface area contributed by atoms with Crippen molar-refractivity contribution in [2.45, 2.75) is 12.8 Å². The van der Waals surface area contributed by atoms with Crippen molar-refractivity contribution >= 4 is 12.4 Å². The van der Waals surface area contributed by atoms with Crippen molar-refractivity contribution < 1.29 is 9.47 Å². The monoisotopic (exact) mass is 235 g/mol. The van der Waals surface area contributed by atoms with Gasteiger partial charge in [0.25, 0.3) is 0 Å². The van der Waals surface area contributed by atoms with E-state index in [2.05, 4.69) is 11.9 Å². The first-order valence-electron chi connectivity index (χ1n) is 5.40. The molecule has 1 rings (SSSR count). The lowest BCUT2D eigenvalue weighted by Gasteiger charge is -2.22. The minimum atomic E-state index is 0. The van der Waals surface area contributed by atoms with Crippen molar-refractivity contribution in [1.29, 1.82) is 0 Å². The normalized spacial score (nSPS) is 17.1. The molecule has 1 heterocycles. The zero-order chi connectivity index (χ0) is 10.1. The quantitative estimate of drug-likeness (QED) is 0.538. The second kappa shape index (κ2) is 10.4. The molecular weight excluding hydrogens is 214 g/mol. The molecule has 0 bridgehead atoms. The lowest BCUT2D eigenvalue weighted by atomic mass is 9.99. The van der Waals surface area contributed by atoms with Gasteiger partial charge in [0.2, 0.25) is 0 Å². The van der Waals surface area contributed by atoms with Gasteiger partial charge in [-0.3, -0.25) is 0 Å². The fraction of sp³-hybridized carbons (Fsp3) is 0.818. The highest BCUT2D eigenvalue weighted by molar-refractivity contribution is 5.85. The van der Waals surface area contributed by atoms with Crippen molar-refractivity contribution in [2.75, 3.05) is 39.5 Å². The SMILES string of the molecule is C=CCOCCOCC1CCNCC1.Cl. The number of ether oxygens (including phenoxy) is 2. The lowest BCUT2D eigenvalue weighted by Crippen LogP contribution is -2.30. The molecule has 15 heavy (non-hydrogen) atoms. The fourth-order valence-electron chi connectivity index (χ4n) is 1.58. The zero-order valence-electron chi connectivity index (χ0n) is 9.24. The molecule has 1 aliphatic heterocycles. The third kappa shape index (κ3) is 7.79. The molecule has 0 amide bonds. The molecule has 0 aromatic carbocycles. The van der Waals surface area contributed by atoms with Crippen LogP contribution < -0.4 is 5.32 Å². The Bertz CT molecular complexity index is 150.